The fourth-order valence-corrected chi connectivity index (χ4v) is 5.16. The number of rotatable bonds is 6. The number of hydrogen-bond donors (Lipinski definition) is 4. The second-order valence-corrected chi connectivity index (χ2v) is 8.62. The molecule has 0 aliphatic carbocycles. The van der Waals surface area contributed by atoms with Crippen LogP contribution in [0.15, 0.2) is 40.4 Å². The molecule has 2 aliphatic rings. The van der Waals surface area contributed by atoms with Gasteiger partial charge in [-0.3, -0.25) is 19.0 Å². The summed E-state index contributed by atoms with van der Waals surface area (Å²) in [6.45, 7) is -0.491. The van der Waals surface area contributed by atoms with E-state index in [0.29, 0.717) is 0 Å². The van der Waals surface area contributed by atoms with Crippen LogP contribution in [0.2, 0.25) is 0 Å². The van der Waals surface area contributed by atoms with Crippen molar-refractivity contribution in [1.29, 1.82) is 0 Å². The Morgan fingerprint density at radius 1 is 1.23 bits per heavy atom. The molecule has 0 bridgehead atoms. The molecule has 0 saturated carbocycles. The summed E-state index contributed by atoms with van der Waals surface area (Å²) in [6.07, 6.45) is -0.388. The molecule has 0 unspecified atom stereocenters. The summed E-state index contributed by atoms with van der Waals surface area (Å²) in [5, 5.41) is 20.4. The number of aliphatic hydroxyl groups is 1. The van der Waals surface area contributed by atoms with Gasteiger partial charge in [-0.1, -0.05) is 18.2 Å². The second-order valence-electron chi connectivity index (χ2n) is 6.13. The molecule has 3 rings (SSSR count). The van der Waals surface area contributed by atoms with Crippen molar-refractivity contribution in [2.75, 3.05) is 12.4 Å². The molecule has 2 atom stereocenters. The maximum atomic E-state index is 12.4. The van der Waals surface area contributed by atoms with E-state index in [2.05, 4.69) is 5.32 Å². The second kappa shape index (κ2) is 10.9. The number of carbonyl (C=O) groups excluding carboxylic acids is 2. The van der Waals surface area contributed by atoms with E-state index in [1.807, 2.05) is 0 Å². The molecule has 0 aromatic heterocycles. The van der Waals surface area contributed by atoms with Crippen LogP contribution in [0.4, 0.5) is 0 Å². The Hall–Kier alpha value is -0.410. The van der Waals surface area contributed by atoms with Crippen LogP contribution in [0, 0.1) is 0 Å². The number of carboxylic acid groups (broad SMARTS) is 1. The van der Waals surface area contributed by atoms with Crippen molar-refractivity contribution in [1.82, 2.24) is 10.2 Å². The maximum absolute atomic E-state index is 12.4. The minimum absolute atomic E-state index is 0. The van der Waals surface area contributed by atoms with E-state index >= 15 is 0 Å². The number of amides is 2. The summed E-state index contributed by atoms with van der Waals surface area (Å²) in [6, 6.07) is 4.46. The first-order valence-electron chi connectivity index (χ1n) is 8.00. The first-order chi connectivity index (χ1) is 13.1. The Morgan fingerprint density at radius 3 is 2.43 bits per heavy atom. The van der Waals surface area contributed by atoms with E-state index in [-0.39, 0.29) is 88.1 Å². The standard InChI is InChI=1S/C16H16N2O8S2.2Na.2H/c19-6-9-7-27-15-12(14(21)18(15)13(9)16(22)23)17-11(20)5-8-3-1-2-4-10(8)28(24,25)26;;;;/h1-4,12,15,19H,5-7H2,(H,17,20)(H,22,23)(H,24,25,26);;;;/t12-,15-;;;;/m1..../s1. The monoisotopic (exact) mass is 476 g/mol. The number of aliphatic carboxylic acids is 1. The quantitative estimate of drug-likeness (QED) is 0.205. The third kappa shape index (κ3) is 5.49. The van der Waals surface area contributed by atoms with Gasteiger partial charge in [-0.05, 0) is 17.2 Å². The fourth-order valence-electron chi connectivity index (χ4n) is 3.10. The van der Waals surface area contributed by atoms with Crippen LogP contribution in [-0.4, -0.2) is 129 Å². The zero-order valence-corrected chi connectivity index (χ0v) is 15.9. The molecule has 154 valence electrons. The molecule has 30 heavy (non-hydrogen) atoms. The molecule has 2 heterocycles. The molecule has 0 spiro atoms. The van der Waals surface area contributed by atoms with E-state index in [0.717, 1.165) is 11.0 Å². The van der Waals surface area contributed by atoms with Crippen molar-refractivity contribution in [3.8, 4) is 0 Å². The van der Waals surface area contributed by atoms with Gasteiger partial charge in [0, 0.05) is 5.75 Å². The first-order valence-corrected chi connectivity index (χ1v) is 10.5. The van der Waals surface area contributed by atoms with Gasteiger partial charge in [0.15, 0.2) is 0 Å². The van der Waals surface area contributed by atoms with Crippen LogP contribution in [0.25, 0.3) is 0 Å². The Labute approximate surface area is 220 Å². The number of aliphatic hydroxyl groups excluding tert-OH is 1. The predicted octanol–water partition coefficient (Wildman–Crippen LogP) is -2.09. The summed E-state index contributed by atoms with van der Waals surface area (Å²) in [7, 11) is -4.51. The average molecular weight is 476 g/mol. The molecule has 2 aliphatic heterocycles. The van der Waals surface area contributed by atoms with Crippen molar-refractivity contribution in [2.24, 2.45) is 0 Å². The van der Waals surface area contributed by atoms with Gasteiger partial charge in [-0.25, -0.2) is 4.79 Å². The predicted molar refractivity (Wildman–Crippen MR) is 111 cm³/mol. The summed E-state index contributed by atoms with van der Waals surface area (Å²) in [5.41, 5.74) is 0.00328. The van der Waals surface area contributed by atoms with Gasteiger partial charge in [0.2, 0.25) is 5.91 Å². The number of hydrogen-bond acceptors (Lipinski definition) is 7. The van der Waals surface area contributed by atoms with E-state index in [9.17, 15) is 37.6 Å². The normalized spacial score (nSPS) is 20.3. The van der Waals surface area contributed by atoms with Gasteiger partial charge in [0.1, 0.15) is 17.1 Å². The average Bonchev–Trinajstić information content (AvgIpc) is 2.64. The van der Waals surface area contributed by atoms with Gasteiger partial charge in [0.25, 0.3) is 16.0 Å². The van der Waals surface area contributed by atoms with E-state index in [4.69, 9.17) is 0 Å². The minimum atomic E-state index is -4.51. The Kier molecular flexibility index (Phi) is 10.1. The number of thioether (sulfide) groups is 1. The van der Waals surface area contributed by atoms with Crippen molar-refractivity contribution in [3.05, 3.63) is 41.1 Å². The van der Waals surface area contributed by atoms with E-state index in [1.165, 1.54) is 30.0 Å². The molecule has 2 amide bonds. The molecule has 4 N–H and O–H groups in total. The van der Waals surface area contributed by atoms with Crippen LogP contribution in [0.3, 0.4) is 0 Å². The molecule has 1 fully saturated rings. The Bertz CT molecular complexity index is 999. The molecule has 14 heteroatoms. The number of carboxylic acids is 1. The fraction of sp³-hybridized carbons (Fsp3) is 0.312. The van der Waals surface area contributed by atoms with Crippen LogP contribution in [0.5, 0.6) is 0 Å². The summed E-state index contributed by atoms with van der Waals surface area (Å²) < 4.78 is 32.0. The molecule has 10 nitrogen and oxygen atoms in total. The Balaban J connectivity index is 0.00000225. The zero-order chi connectivity index (χ0) is 20.6. The number of β-lactam (4-membered cyclic amide) rings is 1. The SMILES string of the molecule is O=C(Cc1ccccc1S(=O)(=O)O)N[C@@H]1C(=O)N2C(C(=O)O)=C(CO)CS[C@H]12.[NaH].[NaH]. The first kappa shape index (κ1) is 27.6. The number of nitrogens with one attached hydrogen (secondary N) is 1. The molecular weight excluding hydrogens is 458 g/mol. The van der Waals surface area contributed by atoms with Crippen molar-refractivity contribution in [2.45, 2.75) is 22.7 Å². The molecule has 0 radical (unpaired) electrons. The van der Waals surface area contributed by atoms with Crippen LogP contribution in [0.1, 0.15) is 5.56 Å². The molecule has 1 aromatic rings. The third-order valence-electron chi connectivity index (χ3n) is 4.36. The van der Waals surface area contributed by atoms with E-state index in [1.54, 1.807) is 0 Å². The van der Waals surface area contributed by atoms with Gasteiger partial charge in [-0.15, -0.1) is 11.8 Å². The van der Waals surface area contributed by atoms with Gasteiger partial charge < -0.3 is 15.5 Å². The molecule has 1 aromatic carbocycles. The van der Waals surface area contributed by atoms with Gasteiger partial charge in [0.05, 0.1) is 17.9 Å². The summed E-state index contributed by atoms with van der Waals surface area (Å²) >= 11 is 1.21. The zero-order valence-electron chi connectivity index (χ0n) is 14.2. The topological polar surface area (TPSA) is 161 Å². The van der Waals surface area contributed by atoms with Gasteiger partial charge in [-0.2, -0.15) is 8.42 Å². The van der Waals surface area contributed by atoms with Crippen LogP contribution < -0.4 is 5.32 Å². The number of fused-ring (bicyclic) bond motifs is 1. The summed E-state index contributed by atoms with van der Waals surface area (Å²) in [5.74, 6) is -2.42. The van der Waals surface area contributed by atoms with E-state index < -0.39 is 50.8 Å². The number of nitrogens with zero attached hydrogens (tertiary/aromatic N) is 1. The number of carbonyl (C=O) groups is 3. The Morgan fingerprint density at radius 2 is 1.87 bits per heavy atom. The van der Waals surface area contributed by atoms with Crippen molar-refractivity contribution >= 4 is 98.8 Å². The van der Waals surface area contributed by atoms with Crippen molar-refractivity contribution in [3.63, 3.8) is 0 Å². The number of benzene rings is 1. The van der Waals surface area contributed by atoms with Gasteiger partial charge >= 0.3 is 65.1 Å². The molecule has 1 saturated heterocycles. The van der Waals surface area contributed by atoms with Crippen LogP contribution >= 0.6 is 11.8 Å². The molecular formula is C16H18N2Na2O8S2. The third-order valence-corrected chi connectivity index (χ3v) is 6.65. The van der Waals surface area contributed by atoms with Crippen LogP contribution in [-0.2, 0) is 30.9 Å². The summed E-state index contributed by atoms with van der Waals surface area (Å²) in [4.78, 5) is 36.7. The van der Waals surface area contributed by atoms with Crippen molar-refractivity contribution < 1.29 is 37.6 Å².